The molecule has 0 saturated heterocycles. The maximum absolute atomic E-state index is 9.42. The van der Waals surface area contributed by atoms with Crippen molar-refractivity contribution in [1.29, 1.82) is 0 Å². The average molecular weight is 165 g/mol. The third-order valence-electron chi connectivity index (χ3n) is 2.17. The quantitative estimate of drug-likeness (QED) is 0.702. The van der Waals surface area contributed by atoms with Crippen LogP contribution in [0.2, 0.25) is 0 Å². The molecule has 0 aliphatic heterocycles. The zero-order valence-corrected chi connectivity index (χ0v) is 7.76. The van der Waals surface area contributed by atoms with Crippen LogP contribution >= 0.6 is 0 Å². The molecule has 1 aromatic carbocycles. The molecule has 0 heterocycles. The van der Waals surface area contributed by atoms with Crippen LogP contribution < -0.4 is 5.32 Å². The molecule has 2 nitrogen and oxygen atoms in total. The highest BCUT2D eigenvalue weighted by atomic mass is 16.3. The fourth-order valence-corrected chi connectivity index (χ4v) is 1.06. The molecule has 0 fully saturated rings. The van der Waals surface area contributed by atoms with E-state index in [1.165, 1.54) is 0 Å². The van der Waals surface area contributed by atoms with E-state index in [1.54, 1.807) is 6.07 Å². The smallest absolute Gasteiger partial charge is 0.118 e. The Kier molecular flexibility index (Phi) is 2.71. The third kappa shape index (κ3) is 1.77. The number of aryl methyl sites for hydroxylation is 1. The summed E-state index contributed by atoms with van der Waals surface area (Å²) in [6.45, 7) is 3.95. The average Bonchev–Trinajstić information content (AvgIpc) is 2.08. The maximum Gasteiger partial charge on any atom is 0.118 e. The van der Waals surface area contributed by atoms with E-state index in [2.05, 4.69) is 12.2 Å². The molecule has 1 atom stereocenters. The summed E-state index contributed by atoms with van der Waals surface area (Å²) < 4.78 is 0. The van der Waals surface area contributed by atoms with Gasteiger partial charge in [0.05, 0.1) is 0 Å². The Labute approximate surface area is 73.2 Å². The molecule has 0 unspecified atom stereocenters. The number of nitrogens with one attached hydrogen (secondary N) is 1. The van der Waals surface area contributed by atoms with Gasteiger partial charge in [0.15, 0.2) is 0 Å². The first-order valence-corrected chi connectivity index (χ1v) is 4.12. The van der Waals surface area contributed by atoms with Crippen LogP contribution in [-0.4, -0.2) is 12.2 Å². The number of phenols is 1. The Morgan fingerprint density at radius 2 is 2.08 bits per heavy atom. The predicted molar refractivity (Wildman–Crippen MR) is 50.3 cm³/mol. The number of hydrogen-bond acceptors (Lipinski definition) is 2. The van der Waals surface area contributed by atoms with Crippen molar-refractivity contribution in [3.8, 4) is 5.75 Å². The first kappa shape index (κ1) is 9.07. The lowest BCUT2D eigenvalue weighted by atomic mass is 10.1. The second-order valence-electron chi connectivity index (χ2n) is 3.06. The second kappa shape index (κ2) is 3.59. The lowest BCUT2D eigenvalue weighted by Gasteiger charge is -2.11. The second-order valence-corrected chi connectivity index (χ2v) is 3.06. The molecule has 1 rings (SSSR count). The first-order chi connectivity index (χ1) is 5.65. The van der Waals surface area contributed by atoms with Crippen molar-refractivity contribution in [3.05, 3.63) is 29.3 Å². The number of benzene rings is 1. The Balaban J connectivity index is 2.96. The Morgan fingerprint density at radius 3 is 2.58 bits per heavy atom. The molecule has 66 valence electrons. The van der Waals surface area contributed by atoms with Crippen molar-refractivity contribution < 1.29 is 5.11 Å². The summed E-state index contributed by atoms with van der Waals surface area (Å²) in [4.78, 5) is 0. The van der Waals surface area contributed by atoms with E-state index in [0.717, 1.165) is 11.1 Å². The molecule has 0 spiro atoms. The molecule has 0 radical (unpaired) electrons. The number of hydrogen-bond donors (Lipinski definition) is 2. The molecule has 0 aromatic heterocycles. The maximum atomic E-state index is 9.42. The highest BCUT2D eigenvalue weighted by Gasteiger charge is 2.03. The first-order valence-electron chi connectivity index (χ1n) is 4.12. The summed E-state index contributed by atoms with van der Waals surface area (Å²) >= 11 is 0. The van der Waals surface area contributed by atoms with Crippen molar-refractivity contribution in [2.45, 2.75) is 19.9 Å². The minimum Gasteiger partial charge on any atom is -0.508 e. The van der Waals surface area contributed by atoms with Gasteiger partial charge in [0.1, 0.15) is 5.75 Å². The van der Waals surface area contributed by atoms with Crippen molar-refractivity contribution in [2.75, 3.05) is 7.05 Å². The van der Waals surface area contributed by atoms with Crippen LogP contribution in [0.1, 0.15) is 24.1 Å². The van der Waals surface area contributed by atoms with E-state index in [9.17, 15) is 5.11 Å². The lowest BCUT2D eigenvalue weighted by Crippen LogP contribution is -2.11. The molecule has 0 amide bonds. The van der Waals surface area contributed by atoms with Crippen LogP contribution in [-0.2, 0) is 0 Å². The lowest BCUT2D eigenvalue weighted by molar-refractivity contribution is 0.469. The molecule has 2 N–H and O–H groups in total. The van der Waals surface area contributed by atoms with E-state index >= 15 is 0 Å². The molecular weight excluding hydrogens is 150 g/mol. The number of rotatable bonds is 2. The topological polar surface area (TPSA) is 32.3 Å². The van der Waals surface area contributed by atoms with Gasteiger partial charge in [-0.3, -0.25) is 0 Å². The van der Waals surface area contributed by atoms with Gasteiger partial charge in [0, 0.05) is 6.04 Å². The summed E-state index contributed by atoms with van der Waals surface area (Å²) in [5.74, 6) is 0.370. The zero-order valence-electron chi connectivity index (χ0n) is 7.76. The fraction of sp³-hybridized carbons (Fsp3) is 0.400. The van der Waals surface area contributed by atoms with E-state index in [-0.39, 0.29) is 6.04 Å². The Hall–Kier alpha value is -1.02. The summed E-state index contributed by atoms with van der Waals surface area (Å²) in [5, 5.41) is 12.5. The van der Waals surface area contributed by atoms with Gasteiger partial charge in [-0.15, -0.1) is 0 Å². The van der Waals surface area contributed by atoms with Gasteiger partial charge in [-0.25, -0.2) is 0 Å². The van der Waals surface area contributed by atoms with E-state index in [0.29, 0.717) is 5.75 Å². The fourth-order valence-electron chi connectivity index (χ4n) is 1.06. The third-order valence-corrected chi connectivity index (χ3v) is 2.17. The predicted octanol–water partition coefficient (Wildman–Crippen LogP) is 1.98. The van der Waals surface area contributed by atoms with Crippen LogP contribution in [0.25, 0.3) is 0 Å². The number of aromatic hydroxyl groups is 1. The summed E-state index contributed by atoms with van der Waals surface area (Å²) in [6.07, 6.45) is 0. The van der Waals surface area contributed by atoms with E-state index in [4.69, 9.17) is 0 Å². The summed E-state index contributed by atoms with van der Waals surface area (Å²) in [6, 6.07) is 6.04. The van der Waals surface area contributed by atoms with Crippen molar-refractivity contribution in [1.82, 2.24) is 5.32 Å². The molecule has 0 saturated carbocycles. The highest BCUT2D eigenvalue weighted by Crippen LogP contribution is 2.21. The van der Waals surface area contributed by atoms with Crippen molar-refractivity contribution in [2.24, 2.45) is 0 Å². The molecule has 0 aliphatic rings. The van der Waals surface area contributed by atoms with Gasteiger partial charge in [-0.05, 0) is 38.1 Å². The number of phenolic OH excluding ortho intramolecular Hbond substituents is 1. The van der Waals surface area contributed by atoms with E-state index < -0.39 is 0 Å². The van der Waals surface area contributed by atoms with E-state index in [1.807, 2.05) is 26.1 Å². The standard InChI is InChI=1S/C10H15NO/c1-7-4-5-9(6-10(7)12)8(2)11-3/h4-6,8,11-12H,1-3H3/t8-/m0/s1. The molecular formula is C10H15NO. The van der Waals surface area contributed by atoms with Gasteiger partial charge in [0.25, 0.3) is 0 Å². The summed E-state index contributed by atoms with van der Waals surface area (Å²) in [7, 11) is 1.90. The minimum absolute atomic E-state index is 0.288. The monoisotopic (exact) mass is 165 g/mol. The molecule has 0 aliphatic carbocycles. The molecule has 12 heavy (non-hydrogen) atoms. The zero-order chi connectivity index (χ0) is 9.14. The van der Waals surface area contributed by atoms with Gasteiger partial charge in [0.2, 0.25) is 0 Å². The van der Waals surface area contributed by atoms with Crippen LogP contribution in [0.5, 0.6) is 5.75 Å². The largest absolute Gasteiger partial charge is 0.508 e. The van der Waals surface area contributed by atoms with Crippen LogP contribution in [0.15, 0.2) is 18.2 Å². The van der Waals surface area contributed by atoms with Crippen LogP contribution in [0, 0.1) is 6.92 Å². The van der Waals surface area contributed by atoms with Gasteiger partial charge < -0.3 is 10.4 Å². The summed E-state index contributed by atoms with van der Waals surface area (Å²) in [5.41, 5.74) is 2.03. The van der Waals surface area contributed by atoms with Crippen LogP contribution in [0.4, 0.5) is 0 Å². The van der Waals surface area contributed by atoms with Gasteiger partial charge in [-0.2, -0.15) is 0 Å². The van der Waals surface area contributed by atoms with Crippen LogP contribution in [0.3, 0.4) is 0 Å². The Bertz CT molecular complexity index is 271. The van der Waals surface area contributed by atoms with Crippen molar-refractivity contribution in [3.63, 3.8) is 0 Å². The minimum atomic E-state index is 0.288. The molecule has 2 heteroatoms. The molecule has 0 bridgehead atoms. The van der Waals surface area contributed by atoms with Gasteiger partial charge in [-0.1, -0.05) is 12.1 Å². The normalized spacial score (nSPS) is 12.9. The Morgan fingerprint density at radius 1 is 1.42 bits per heavy atom. The van der Waals surface area contributed by atoms with Gasteiger partial charge >= 0.3 is 0 Å². The van der Waals surface area contributed by atoms with Crippen molar-refractivity contribution >= 4 is 0 Å². The SMILES string of the molecule is CN[C@@H](C)c1ccc(C)c(O)c1. The highest BCUT2D eigenvalue weighted by molar-refractivity contribution is 5.36. The molecule has 1 aromatic rings.